The standard InChI is InChI=1S/C15H18N2O2S/c1-11-3-6-13(9-15(11)16)17-10-12-4-7-14(8-5-12)20(2,18)19/h3-9,17H,10,16H2,1-2H3. The fraction of sp³-hybridized carbons (Fsp3) is 0.200. The van der Waals surface area contributed by atoms with Crippen molar-refractivity contribution in [1.82, 2.24) is 0 Å². The number of nitrogens with one attached hydrogen (secondary N) is 1. The van der Waals surface area contributed by atoms with E-state index in [1.165, 1.54) is 6.26 Å². The summed E-state index contributed by atoms with van der Waals surface area (Å²) >= 11 is 0. The highest BCUT2D eigenvalue weighted by Gasteiger charge is 2.06. The predicted octanol–water partition coefficient (Wildman–Crippen LogP) is 2.59. The topological polar surface area (TPSA) is 72.2 Å². The minimum absolute atomic E-state index is 0.334. The predicted molar refractivity (Wildman–Crippen MR) is 82.5 cm³/mol. The van der Waals surface area contributed by atoms with Gasteiger partial charge in [0.25, 0.3) is 0 Å². The molecule has 106 valence electrons. The van der Waals surface area contributed by atoms with E-state index < -0.39 is 9.84 Å². The molecule has 2 aromatic carbocycles. The molecule has 2 rings (SSSR count). The number of anilines is 2. The molecule has 0 bridgehead atoms. The summed E-state index contributed by atoms with van der Waals surface area (Å²) < 4.78 is 22.7. The zero-order valence-electron chi connectivity index (χ0n) is 11.6. The molecule has 0 aliphatic heterocycles. The number of benzene rings is 2. The van der Waals surface area contributed by atoms with E-state index in [0.717, 1.165) is 22.5 Å². The smallest absolute Gasteiger partial charge is 0.175 e. The van der Waals surface area contributed by atoms with Gasteiger partial charge in [0, 0.05) is 24.2 Å². The van der Waals surface area contributed by atoms with Gasteiger partial charge in [0.2, 0.25) is 0 Å². The van der Waals surface area contributed by atoms with Crippen molar-refractivity contribution in [2.45, 2.75) is 18.4 Å². The van der Waals surface area contributed by atoms with Crippen LogP contribution in [0.3, 0.4) is 0 Å². The van der Waals surface area contributed by atoms with Gasteiger partial charge in [0.1, 0.15) is 0 Å². The summed E-state index contributed by atoms with van der Waals surface area (Å²) in [6, 6.07) is 12.7. The lowest BCUT2D eigenvalue weighted by atomic mass is 10.1. The van der Waals surface area contributed by atoms with Crippen molar-refractivity contribution in [1.29, 1.82) is 0 Å². The van der Waals surface area contributed by atoms with Crippen molar-refractivity contribution >= 4 is 21.2 Å². The van der Waals surface area contributed by atoms with Crippen molar-refractivity contribution in [3.05, 3.63) is 53.6 Å². The van der Waals surface area contributed by atoms with Gasteiger partial charge >= 0.3 is 0 Å². The molecule has 20 heavy (non-hydrogen) atoms. The van der Waals surface area contributed by atoms with Crippen molar-refractivity contribution in [2.75, 3.05) is 17.3 Å². The molecule has 0 amide bonds. The first-order valence-corrected chi connectivity index (χ1v) is 8.14. The third kappa shape index (κ3) is 3.51. The van der Waals surface area contributed by atoms with Crippen LogP contribution in [0.15, 0.2) is 47.4 Å². The minimum atomic E-state index is -3.13. The molecule has 0 saturated heterocycles. The van der Waals surface area contributed by atoms with E-state index in [9.17, 15) is 8.42 Å². The molecule has 0 aliphatic rings. The molecular formula is C15H18N2O2S. The van der Waals surface area contributed by atoms with E-state index in [0.29, 0.717) is 11.4 Å². The summed E-state index contributed by atoms with van der Waals surface area (Å²) in [5.74, 6) is 0. The molecule has 0 aromatic heterocycles. The van der Waals surface area contributed by atoms with Crippen molar-refractivity contribution in [3.63, 3.8) is 0 Å². The second-order valence-corrected chi connectivity index (χ2v) is 6.86. The van der Waals surface area contributed by atoms with Crippen molar-refractivity contribution in [2.24, 2.45) is 0 Å². The van der Waals surface area contributed by atoms with Crippen LogP contribution >= 0.6 is 0 Å². The Kier molecular flexibility index (Phi) is 3.99. The van der Waals surface area contributed by atoms with Gasteiger partial charge in [-0.05, 0) is 42.3 Å². The Balaban J connectivity index is 2.06. The molecule has 3 N–H and O–H groups in total. The second-order valence-electron chi connectivity index (χ2n) is 4.84. The van der Waals surface area contributed by atoms with E-state index in [1.54, 1.807) is 24.3 Å². The summed E-state index contributed by atoms with van der Waals surface area (Å²) in [5, 5.41) is 3.26. The van der Waals surface area contributed by atoms with Gasteiger partial charge in [-0.15, -0.1) is 0 Å². The molecule has 4 nitrogen and oxygen atoms in total. The fourth-order valence-corrected chi connectivity index (χ4v) is 2.44. The molecule has 2 aromatic rings. The number of nitrogens with two attached hydrogens (primary N) is 1. The lowest BCUT2D eigenvalue weighted by molar-refractivity contribution is 0.602. The summed E-state index contributed by atoms with van der Waals surface area (Å²) in [6.45, 7) is 2.58. The summed E-state index contributed by atoms with van der Waals surface area (Å²) in [7, 11) is -3.13. The van der Waals surface area contributed by atoms with Crippen LogP contribution in [0.25, 0.3) is 0 Å². The fourth-order valence-electron chi connectivity index (χ4n) is 1.81. The largest absolute Gasteiger partial charge is 0.398 e. The zero-order valence-corrected chi connectivity index (χ0v) is 12.4. The zero-order chi connectivity index (χ0) is 14.8. The molecule has 5 heteroatoms. The quantitative estimate of drug-likeness (QED) is 0.849. The van der Waals surface area contributed by atoms with E-state index in [2.05, 4.69) is 5.32 Å². The maximum absolute atomic E-state index is 11.4. The normalized spacial score (nSPS) is 11.3. The van der Waals surface area contributed by atoms with Crippen LogP contribution in [0, 0.1) is 6.92 Å². The molecule has 0 unspecified atom stereocenters. The van der Waals surface area contributed by atoms with Gasteiger partial charge in [-0.2, -0.15) is 0 Å². The average Bonchev–Trinajstić information content (AvgIpc) is 2.40. The van der Waals surface area contributed by atoms with E-state index in [-0.39, 0.29) is 0 Å². The summed E-state index contributed by atoms with van der Waals surface area (Å²) in [4.78, 5) is 0.334. The first kappa shape index (κ1) is 14.4. The van der Waals surface area contributed by atoms with Gasteiger partial charge in [-0.25, -0.2) is 8.42 Å². The number of aryl methyl sites for hydroxylation is 1. The van der Waals surface area contributed by atoms with E-state index in [4.69, 9.17) is 5.73 Å². The Labute approximate surface area is 119 Å². The highest BCUT2D eigenvalue weighted by molar-refractivity contribution is 7.90. The van der Waals surface area contributed by atoms with Crippen LogP contribution in [-0.2, 0) is 16.4 Å². The van der Waals surface area contributed by atoms with Gasteiger partial charge in [0.15, 0.2) is 9.84 Å². The molecule has 0 saturated carbocycles. The Morgan fingerprint density at radius 3 is 2.30 bits per heavy atom. The van der Waals surface area contributed by atoms with Gasteiger partial charge in [0.05, 0.1) is 4.90 Å². The lowest BCUT2D eigenvalue weighted by Crippen LogP contribution is -2.02. The maximum atomic E-state index is 11.4. The van der Waals surface area contributed by atoms with Crippen LogP contribution in [0.4, 0.5) is 11.4 Å². The molecule has 0 atom stereocenters. The molecule has 0 fully saturated rings. The van der Waals surface area contributed by atoms with Crippen LogP contribution < -0.4 is 11.1 Å². The van der Waals surface area contributed by atoms with Crippen LogP contribution in [0.1, 0.15) is 11.1 Å². The van der Waals surface area contributed by atoms with E-state index >= 15 is 0 Å². The molecular weight excluding hydrogens is 272 g/mol. The maximum Gasteiger partial charge on any atom is 0.175 e. The van der Waals surface area contributed by atoms with E-state index in [1.807, 2.05) is 25.1 Å². The summed E-state index contributed by atoms with van der Waals surface area (Å²) in [5.41, 5.74) is 9.61. The highest BCUT2D eigenvalue weighted by Crippen LogP contribution is 2.18. The number of sulfone groups is 1. The van der Waals surface area contributed by atoms with Crippen LogP contribution in [0.5, 0.6) is 0 Å². The van der Waals surface area contributed by atoms with Gasteiger partial charge < -0.3 is 11.1 Å². The molecule has 0 aliphatic carbocycles. The number of hydrogen-bond donors (Lipinski definition) is 2. The first-order chi connectivity index (χ1) is 9.36. The Hall–Kier alpha value is -2.01. The second kappa shape index (κ2) is 5.54. The first-order valence-electron chi connectivity index (χ1n) is 6.25. The monoisotopic (exact) mass is 290 g/mol. The number of rotatable bonds is 4. The SMILES string of the molecule is Cc1ccc(NCc2ccc(S(C)(=O)=O)cc2)cc1N. The Morgan fingerprint density at radius 1 is 1.10 bits per heavy atom. The minimum Gasteiger partial charge on any atom is -0.398 e. The van der Waals surface area contributed by atoms with Crippen molar-refractivity contribution < 1.29 is 8.42 Å². The van der Waals surface area contributed by atoms with Crippen molar-refractivity contribution in [3.8, 4) is 0 Å². The number of nitrogen functional groups attached to an aromatic ring is 1. The van der Waals surface area contributed by atoms with Gasteiger partial charge in [-0.1, -0.05) is 18.2 Å². The summed E-state index contributed by atoms with van der Waals surface area (Å²) in [6.07, 6.45) is 1.20. The Morgan fingerprint density at radius 2 is 1.75 bits per heavy atom. The van der Waals surface area contributed by atoms with Crippen LogP contribution in [-0.4, -0.2) is 14.7 Å². The average molecular weight is 290 g/mol. The highest BCUT2D eigenvalue weighted by atomic mass is 32.2. The molecule has 0 spiro atoms. The molecule has 0 heterocycles. The Bertz CT molecular complexity index is 707. The number of hydrogen-bond acceptors (Lipinski definition) is 4. The van der Waals surface area contributed by atoms with Crippen LogP contribution in [0.2, 0.25) is 0 Å². The molecule has 0 radical (unpaired) electrons. The third-order valence-electron chi connectivity index (χ3n) is 3.13. The lowest BCUT2D eigenvalue weighted by Gasteiger charge is -2.09. The van der Waals surface area contributed by atoms with Gasteiger partial charge in [-0.3, -0.25) is 0 Å². The third-order valence-corrected chi connectivity index (χ3v) is 4.26.